The average molecular weight is 267 g/mol. The number of para-hydroxylation sites is 1. The highest BCUT2D eigenvalue weighted by atomic mass is 32.2. The fraction of sp³-hybridized carbons (Fsp3) is 0.385. The minimum atomic E-state index is -0.962. The van der Waals surface area contributed by atoms with Gasteiger partial charge in [0.1, 0.15) is 0 Å². The number of hydrogen-bond donors (Lipinski definition) is 2. The molecule has 2 N–H and O–H groups in total. The van der Waals surface area contributed by atoms with Crippen molar-refractivity contribution in [1.82, 2.24) is 0 Å². The first kappa shape index (κ1) is 14.6. The molecular formula is C13H17NO3S. The molecular weight excluding hydrogens is 250 g/mol. The van der Waals surface area contributed by atoms with Gasteiger partial charge in [-0.1, -0.05) is 26.0 Å². The molecule has 2 atom stereocenters. The number of anilines is 1. The van der Waals surface area contributed by atoms with Gasteiger partial charge in [-0.15, -0.1) is 11.8 Å². The Morgan fingerprint density at radius 3 is 2.39 bits per heavy atom. The van der Waals surface area contributed by atoms with E-state index in [1.807, 2.05) is 30.5 Å². The highest BCUT2D eigenvalue weighted by molar-refractivity contribution is 7.98. The van der Waals surface area contributed by atoms with Crippen LogP contribution >= 0.6 is 11.8 Å². The van der Waals surface area contributed by atoms with E-state index in [0.29, 0.717) is 0 Å². The fourth-order valence-corrected chi connectivity index (χ4v) is 1.99. The van der Waals surface area contributed by atoms with Crippen molar-refractivity contribution in [1.29, 1.82) is 0 Å². The van der Waals surface area contributed by atoms with E-state index in [2.05, 4.69) is 5.32 Å². The van der Waals surface area contributed by atoms with Gasteiger partial charge in [0.2, 0.25) is 5.91 Å². The van der Waals surface area contributed by atoms with Crippen molar-refractivity contribution in [3.63, 3.8) is 0 Å². The molecule has 0 saturated heterocycles. The van der Waals surface area contributed by atoms with Crippen LogP contribution in [0.2, 0.25) is 0 Å². The van der Waals surface area contributed by atoms with E-state index in [1.54, 1.807) is 6.92 Å². The number of rotatable bonds is 5. The molecule has 0 fully saturated rings. The Hall–Kier alpha value is -1.49. The lowest BCUT2D eigenvalue weighted by Gasteiger charge is -2.17. The molecule has 1 aromatic carbocycles. The fourth-order valence-electron chi connectivity index (χ4n) is 1.44. The predicted molar refractivity (Wildman–Crippen MR) is 72.8 cm³/mol. The van der Waals surface area contributed by atoms with Gasteiger partial charge >= 0.3 is 5.97 Å². The summed E-state index contributed by atoms with van der Waals surface area (Å²) in [5.74, 6) is -2.51. The standard InChI is InChI=1S/C13H17NO3S/c1-8(9(2)13(16)17)12(15)14-10-6-4-5-7-11(10)18-3/h4-9H,1-3H3,(H,14,15)(H,16,17). The first-order valence-electron chi connectivity index (χ1n) is 5.64. The van der Waals surface area contributed by atoms with Crippen molar-refractivity contribution in [2.75, 3.05) is 11.6 Å². The zero-order valence-electron chi connectivity index (χ0n) is 10.6. The van der Waals surface area contributed by atoms with Crippen molar-refractivity contribution >= 4 is 29.3 Å². The number of carboxylic acid groups (broad SMARTS) is 1. The van der Waals surface area contributed by atoms with Gasteiger partial charge in [0, 0.05) is 10.8 Å². The van der Waals surface area contributed by atoms with Gasteiger partial charge in [-0.25, -0.2) is 0 Å². The zero-order valence-corrected chi connectivity index (χ0v) is 11.5. The third-order valence-corrected chi connectivity index (χ3v) is 3.71. The Kier molecular flexibility index (Phi) is 5.22. The molecule has 1 rings (SSSR count). The summed E-state index contributed by atoms with van der Waals surface area (Å²) >= 11 is 1.53. The Morgan fingerprint density at radius 2 is 1.83 bits per heavy atom. The number of nitrogens with one attached hydrogen (secondary N) is 1. The number of carbonyl (C=O) groups excluding carboxylic acids is 1. The third-order valence-electron chi connectivity index (χ3n) is 2.92. The van der Waals surface area contributed by atoms with E-state index in [-0.39, 0.29) is 5.91 Å². The molecule has 0 aliphatic carbocycles. The summed E-state index contributed by atoms with van der Waals surface area (Å²) in [5, 5.41) is 11.7. The van der Waals surface area contributed by atoms with E-state index < -0.39 is 17.8 Å². The largest absolute Gasteiger partial charge is 0.481 e. The first-order valence-corrected chi connectivity index (χ1v) is 6.86. The van der Waals surface area contributed by atoms with Gasteiger partial charge in [0.25, 0.3) is 0 Å². The number of hydrogen-bond acceptors (Lipinski definition) is 3. The lowest BCUT2D eigenvalue weighted by Crippen LogP contribution is -2.30. The lowest BCUT2D eigenvalue weighted by atomic mass is 9.95. The normalized spacial score (nSPS) is 13.7. The lowest BCUT2D eigenvalue weighted by molar-refractivity contribution is -0.145. The molecule has 1 aromatic rings. The SMILES string of the molecule is CSc1ccccc1NC(=O)C(C)C(C)C(=O)O. The predicted octanol–water partition coefficient (Wildman–Crippen LogP) is 2.70. The molecule has 18 heavy (non-hydrogen) atoms. The molecule has 0 saturated carbocycles. The maximum absolute atomic E-state index is 11.9. The van der Waals surface area contributed by atoms with Crippen LogP contribution in [0.25, 0.3) is 0 Å². The van der Waals surface area contributed by atoms with E-state index in [4.69, 9.17) is 5.11 Å². The Balaban J connectivity index is 2.78. The third kappa shape index (κ3) is 3.50. The highest BCUT2D eigenvalue weighted by Gasteiger charge is 2.26. The molecule has 0 aliphatic heterocycles. The van der Waals surface area contributed by atoms with Crippen LogP contribution in [0.15, 0.2) is 29.2 Å². The molecule has 98 valence electrons. The minimum absolute atomic E-state index is 0.272. The van der Waals surface area contributed by atoms with Gasteiger partial charge in [0.15, 0.2) is 0 Å². The smallest absolute Gasteiger partial charge is 0.307 e. The van der Waals surface area contributed by atoms with Crippen molar-refractivity contribution in [3.8, 4) is 0 Å². The second-order valence-corrected chi connectivity index (χ2v) is 4.95. The summed E-state index contributed by atoms with van der Waals surface area (Å²) in [6, 6.07) is 7.44. The molecule has 1 amide bonds. The van der Waals surface area contributed by atoms with Crippen molar-refractivity contribution in [3.05, 3.63) is 24.3 Å². The number of amides is 1. The van der Waals surface area contributed by atoms with Crippen molar-refractivity contribution < 1.29 is 14.7 Å². The van der Waals surface area contributed by atoms with Crippen LogP contribution in [-0.4, -0.2) is 23.2 Å². The first-order chi connectivity index (χ1) is 8.47. The topological polar surface area (TPSA) is 66.4 Å². The van der Waals surface area contributed by atoms with Crippen LogP contribution in [0.3, 0.4) is 0 Å². The Labute approximate surface area is 111 Å². The number of carbonyl (C=O) groups is 2. The molecule has 0 aromatic heterocycles. The van der Waals surface area contributed by atoms with Crippen LogP contribution in [0.1, 0.15) is 13.8 Å². The molecule has 0 heterocycles. The van der Waals surface area contributed by atoms with E-state index >= 15 is 0 Å². The second kappa shape index (κ2) is 6.44. The summed E-state index contributed by atoms with van der Waals surface area (Å²) in [7, 11) is 0. The monoisotopic (exact) mass is 267 g/mol. The van der Waals surface area contributed by atoms with Gasteiger partial charge < -0.3 is 10.4 Å². The zero-order chi connectivity index (χ0) is 13.7. The van der Waals surface area contributed by atoms with E-state index in [9.17, 15) is 9.59 Å². The molecule has 0 radical (unpaired) electrons. The molecule has 5 heteroatoms. The van der Waals surface area contributed by atoms with Gasteiger partial charge in [-0.05, 0) is 18.4 Å². The molecule has 2 unspecified atom stereocenters. The summed E-state index contributed by atoms with van der Waals surface area (Å²) in [4.78, 5) is 23.7. The van der Waals surface area contributed by atoms with Crippen LogP contribution in [0, 0.1) is 11.8 Å². The maximum Gasteiger partial charge on any atom is 0.307 e. The number of benzene rings is 1. The van der Waals surface area contributed by atoms with Crippen molar-refractivity contribution in [2.24, 2.45) is 11.8 Å². The van der Waals surface area contributed by atoms with Gasteiger partial charge in [-0.3, -0.25) is 9.59 Å². The van der Waals surface area contributed by atoms with E-state index in [1.165, 1.54) is 18.7 Å². The molecule has 0 bridgehead atoms. The minimum Gasteiger partial charge on any atom is -0.481 e. The van der Waals surface area contributed by atoms with Gasteiger partial charge in [-0.2, -0.15) is 0 Å². The summed E-state index contributed by atoms with van der Waals surface area (Å²) in [5.41, 5.74) is 0.722. The molecule has 0 spiro atoms. The average Bonchev–Trinajstić information content (AvgIpc) is 2.37. The number of carboxylic acids is 1. The van der Waals surface area contributed by atoms with Crippen molar-refractivity contribution in [2.45, 2.75) is 18.7 Å². The van der Waals surface area contributed by atoms with Crippen LogP contribution in [0.4, 0.5) is 5.69 Å². The summed E-state index contributed by atoms with van der Waals surface area (Å²) in [6.45, 7) is 3.16. The second-order valence-electron chi connectivity index (χ2n) is 4.11. The van der Waals surface area contributed by atoms with E-state index in [0.717, 1.165) is 10.6 Å². The van der Waals surface area contributed by atoms with Crippen LogP contribution in [0.5, 0.6) is 0 Å². The highest BCUT2D eigenvalue weighted by Crippen LogP contribution is 2.25. The van der Waals surface area contributed by atoms with Crippen LogP contribution < -0.4 is 5.32 Å². The Morgan fingerprint density at radius 1 is 1.22 bits per heavy atom. The quantitative estimate of drug-likeness (QED) is 0.805. The molecule has 4 nitrogen and oxygen atoms in total. The molecule has 0 aliphatic rings. The number of aliphatic carboxylic acids is 1. The Bertz CT molecular complexity index is 448. The van der Waals surface area contributed by atoms with Crippen LogP contribution in [-0.2, 0) is 9.59 Å². The summed E-state index contributed by atoms with van der Waals surface area (Å²) in [6.07, 6.45) is 1.92. The maximum atomic E-state index is 11.9. The summed E-state index contributed by atoms with van der Waals surface area (Å²) < 4.78 is 0. The number of thioether (sulfide) groups is 1. The van der Waals surface area contributed by atoms with Gasteiger partial charge in [0.05, 0.1) is 11.6 Å².